The molecule has 0 amide bonds. The molecule has 0 spiro atoms. The maximum absolute atomic E-state index is 4.47. The minimum absolute atomic E-state index is 0.481. The van der Waals surface area contributed by atoms with Gasteiger partial charge in [-0.2, -0.15) is 0 Å². The first kappa shape index (κ1) is 14.3. The van der Waals surface area contributed by atoms with Crippen LogP contribution in [0.4, 0.5) is 5.82 Å². The molecule has 0 atom stereocenters. The lowest BCUT2D eigenvalue weighted by atomic mass is 9.97. The first-order chi connectivity index (χ1) is 9.20. The van der Waals surface area contributed by atoms with E-state index >= 15 is 0 Å². The lowest BCUT2D eigenvalue weighted by Crippen LogP contribution is -2.40. The maximum Gasteiger partial charge on any atom is 0.132 e. The number of nitrogens with zero attached hydrogens (tertiary/aromatic N) is 3. The topological polar surface area (TPSA) is 41.0 Å². The van der Waals surface area contributed by atoms with E-state index < -0.39 is 0 Å². The second kappa shape index (κ2) is 6.85. The zero-order valence-electron chi connectivity index (χ0n) is 12.4. The Morgan fingerprint density at radius 2 is 2.05 bits per heavy atom. The molecule has 0 radical (unpaired) electrons. The summed E-state index contributed by atoms with van der Waals surface area (Å²) in [6.07, 6.45) is 5.21. The van der Waals surface area contributed by atoms with E-state index in [2.05, 4.69) is 47.0 Å². The normalized spacial score (nSPS) is 16.8. The fourth-order valence-electron chi connectivity index (χ4n) is 2.65. The Balaban J connectivity index is 2.09. The van der Waals surface area contributed by atoms with Crippen molar-refractivity contribution in [3.8, 4) is 0 Å². The van der Waals surface area contributed by atoms with Crippen LogP contribution in [0.1, 0.15) is 39.3 Å². The van der Waals surface area contributed by atoms with Crippen LogP contribution in [0.3, 0.4) is 0 Å². The molecule has 2 rings (SSSR count). The van der Waals surface area contributed by atoms with Gasteiger partial charge < -0.3 is 10.2 Å². The molecule has 106 valence electrons. The average Bonchev–Trinajstić information content (AvgIpc) is 2.45. The van der Waals surface area contributed by atoms with Gasteiger partial charge in [0.15, 0.2) is 0 Å². The second-order valence-electron chi connectivity index (χ2n) is 5.66. The minimum atomic E-state index is 0.481. The number of hydrogen-bond acceptors (Lipinski definition) is 4. The highest BCUT2D eigenvalue weighted by Crippen LogP contribution is 2.20. The molecule has 4 heteroatoms. The van der Waals surface area contributed by atoms with Gasteiger partial charge in [0.25, 0.3) is 0 Å². The predicted molar refractivity (Wildman–Crippen MR) is 79.5 cm³/mol. The zero-order chi connectivity index (χ0) is 13.7. The zero-order valence-corrected chi connectivity index (χ0v) is 12.4. The fourth-order valence-corrected chi connectivity index (χ4v) is 2.65. The summed E-state index contributed by atoms with van der Waals surface area (Å²) < 4.78 is 0. The third kappa shape index (κ3) is 3.90. The Morgan fingerprint density at radius 1 is 1.32 bits per heavy atom. The Labute approximate surface area is 116 Å². The van der Waals surface area contributed by atoms with Crippen molar-refractivity contribution in [1.82, 2.24) is 15.3 Å². The van der Waals surface area contributed by atoms with E-state index in [-0.39, 0.29) is 0 Å². The summed E-state index contributed by atoms with van der Waals surface area (Å²) in [4.78, 5) is 11.2. The van der Waals surface area contributed by atoms with E-state index in [9.17, 15) is 0 Å². The molecule has 1 saturated heterocycles. The molecular formula is C15H26N4. The highest BCUT2D eigenvalue weighted by Gasteiger charge is 2.20. The minimum Gasteiger partial charge on any atom is -0.354 e. The maximum atomic E-state index is 4.47. The monoisotopic (exact) mass is 262 g/mol. The van der Waals surface area contributed by atoms with Gasteiger partial charge in [0.2, 0.25) is 0 Å². The molecular weight excluding hydrogens is 236 g/mol. The molecule has 1 fully saturated rings. The number of rotatable bonds is 5. The van der Waals surface area contributed by atoms with Crippen LogP contribution in [-0.2, 0) is 6.42 Å². The second-order valence-corrected chi connectivity index (χ2v) is 5.66. The van der Waals surface area contributed by atoms with Crippen LogP contribution in [0.15, 0.2) is 12.4 Å². The molecule has 1 aliphatic rings. The molecule has 19 heavy (non-hydrogen) atoms. The Morgan fingerprint density at radius 3 is 2.68 bits per heavy atom. The van der Waals surface area contributed by atoms with Crippen LogP contribution in [0, 0.1) is 5.92 Å². The van der Waals surface area contributed by atoms with Crippen molar-refractivity contribution >= 4 is 5.82 Å². The largest absolute Gasteiger partial charge is 0.354 e. The van der Waals surface area contributed by atoms with Crippen molar-refractivity contribution in [1.29, 1.82) is 0 Å². The average molecular weight is 262 g/mol. The van der Waals surface area contributed by atoms with Crippen LogP contribution in [0.2, 0.25) is 0 Å². The number of nitrogens with one attached hydrogen (secondary N) is 1. The standard InChI is InChI=1S/C15H26N4/c1-4-14-9-15(18-11-17-14)19(12(2)3)10-13-5-7-16-8-6-13/h9,11-13,16H,4-8,10H2,1-3H3. The van der Waals surface area contributed by atoms with Gasteiger partial charge >= 0.3 is 0 Å². The van der Waals surface area contributed by atoms with Crippen LogP contribution in [0.5, 0.6) is 0 Å². The van der Waals surface area contributed by atoms with Gasteiger partial charge in [-0.15, -0.1) is 0 Å². The van der Waals surface area contributed by atoms with Gasteiger partial charge in [0.1, 0.15) is 12.1 Å². The molecule has 2 heterocycles. The molecule has 1 N–H and O–H groups in total. The molecule has 1 aromatic rings. The van der Waals surface area contributed by atoms with Crippen LogP contribution in [0.25, 0.3) is 0 Å². The fraction of sp³-hybridized carbons (Fsp3) is 0.733. The van der Waals surface area contributed by atoms with E-state index in [1.807, 2.05) is 0 Å². The Kier molecular flexibility index (Phi) is 5.14. The third-order valence-corrected chi connectivity index (χ3v) is 3.90. The number of hydrogen-bond donors (Lipinski definition) is 1. The van der Waals surface area contributed by atoms with E-state index in [1.165, 1.54) is 12.8 Å². The van der Waals surface area contributed by atoms with Crippen molar-refractivity contribution in [2.24, 2.45) is 5.92 Å². The Hall–Kier alpha value is -1.16. The molecule has 4 nitrogen and oxygen atoms in total. The van der Waals surface area contributed by atoms with Crippen LogP contribution >= 0.6 is 0 Å². The van der Waals surface area contributed by atoms with Gasteiger partial charge in [0, 0.05) is 24.3 Å². The van der Waals surface area contributed by atoms with E-state index in [0.717, 1.165) is 43.5 Å². The summed E-state index contributed by atoms with van der Waals surface area (Å²) in [5.41, 5.74) is 1.13. The van der Waals surface area contributed by atoms with E-state index in [1.54, 1.807) is 6.33 Å². The molecule has 1 aliphatic heterocycles. The van der Waals surface area contributed by atoms with Gasteiger partial charge in [-0.1, -0.05) is 6.92 Å². The molecule has 0 saturated carbocycles. The first-order valence-electron chi connectivity index (χ1n) is 7.49. The quantitative estimate of drug-likeness (QED) is 0.883. The SMILES string of the molecule is CCc1cc(N(CC2CCNCC2)C(C)C)ncn1. The first-order valence-corrected chi connectivity index (χ1v) is 7.49. The van der Waals surface area contributed by atoms with Crippen molar-refractivity contribution in [2.75, 3.05) is 24.5 Å². The number of piperidine rings is 1. The number of aromatic nitrogens is 2. The van der Waals surface area contributed by atoms with Crippen molar-refractivity contribution in [3.05, 3.63) is 18.1 Å². The van der Waals surface area contributed by atoms with Gasteiger partial charge in [-0.05, 0) is 52.1 Å². The molecule has 1 aromatic heterocycles. The van der Waals surface area contributed by atoms with Gasteiger partial charge in [0.05, 0.1) is 0 Å². The predicted octanol–water partition coefficient (Wildman–Crippen LogP) is 2.25. The van der Waals surface area contributed by atoms with Crippen LogP contribution in [-0.4, -0.2) is 35.6 Å². The molecule has 0 aliphatic carbocycles. The van der Waals surface area contributed by atoms with Crippen molar-refractivity contribution in [2.45, 2.75) is 46.1 Å². The summed E-state index contributed by atoms with van der Waals surface area (Å²) in [5.74, 6) is 1.86. The van der Waals surface area contributed by atoms with Gasteiger partial charge in [-0.3, -0.25) is 0 Å². The molecule has 0 unspecified atom stereocenters. The smallest absolute Gasteiger partial charge is 0.132 e. The van der Waals surface area contributed by atoms with Crippen LogP contribution < -0.4 is 10.2 Å². The summed E-state index contributed by atoms with van der Waals surface area (Å²) in [5, 5.41) is 3.43. The number of aryl methyl sites for hydroxylation is 1. The molecule has 0 bridgehead atoms. The van der Waals surface area contributed by atoms with Crippen molar-refractivity contribution in [3.63, 3.8) is 0 Å². The lowest BCUT2D eigenvalue weighted by Gasteiger charge is -2.33. The number of anilines is 1. The highest BCUT2D eigenvalue weighted by molar-refractivity contribution is 5.40. The van der Waals surface area contributed by atoms with Crippen molar-refractivity contribution < 1.29 is 0 Å². The van der Waals surface area contributed by atoms with Gasteiger partial charge in [-0.25, -0.2) is 9.97 Å². The third-order valence-electron chi connectivity index (χ3n) is 3.90. The Bertz CT molecular complexity index is 385. The summed E-state index contributed by atoms with van der Waals surface area (Å²) in [7, 11) is 0. The summed E-state index contributed by atoms with van der Waals surface area (Å²) in [6.45, 7) is 10.0. The summed E-state index contributed by atoms with van der Waals surface area (Å²) >= 11 is 0. The lowest BCUT2D eigenvalue weighted by molar-refractivity contribution is 0.367. The van der Waals surface area contributed by atoms with E-state index in [0.29, 0.717) is 6.04 Å². The van der Waals surface area contributed by atoms with E-state index in [4.69, 9.17) is 0 Å². The summed E-state index contributed by atoms with van der Waals surface area (Å²) in [6, 6.07) is 2.62. The molecule has 0 aromatic carbocycles. The highest BCUT2D eigenvalue weighted by atomic mass is 15.2.